The highest BCUT2D eigenvalue weighted by Crippen LogP contribution is 2.25. The first-order valence-corrected chi connectivity index (χ1v) is 7.38. The summed E-state index contributed by atoms with van der Waals surface area (Å²) in [6.45, 7) is 5.07. The Bertz CT molecular complexity index is 385. The molecule has 0 bridgehead atoms. The Morgan fingerprint density at radius 2 is 1.90 bits per heavy atom. The van der Waals surface area contributed by atoms with Crippen molar-refractivity contribution in [2.75, 3.05) is 6.54 Å². The average molecular weight is 308 g/mol. The normalized spacial score (nSPS) is 25.0. The molecule has 1 aliphatic rings. The Labute approximate surface area is 123 Å². The third-order valence-corrected chi connectivity index (χ3v) is 3.94. The smallest absolute Gasteiger partial charge is 0.342 e. The third kappa shape index (κ3) is 4.61. The molecule has 0 aliphatic carbocycles. The number of halogens is 3. The van der Waals surface area contributed by atoms with Gasteiger partial charge < -0.3 is 10.2 Å². The number of carbonyl (C=O) groups is 2. The average Bonchev–Trinajstić information content (AvgIpc) is 2.40. The molecule has 1 rings (SSSR count). The second-order valence-electron chi connectivity index (χ2n) is 5.57. The van der Waals surface area contributed by atoms with Gasteiger partial charge in [0.15, 0.2) is 0 Å². The Morgan fingerprint density at radius 3 is 2.38 bits per heavy atom. The second-order valence-corrected chi connectivity index (χ2v) is 5.57. The maximum atomic E-state index is 12.4. The zero-order chi connectivity index (χ0) is 16.2. The SMILES string of the molecule is CCCC1C(=O)NC(C(C)CC)C(=O)N1CCC(F)(F)F. The molecule has 0 aromatic heterocycles. The third-order valence-electron chi connectivity index (χ3n) is 3.94. The first-order valence-electron chi connectivity index (χ1n) is 7.38. The highest BCUT2D eigenvalue weighted by Gasteiger charge is 2.42. The summed E-state index contributed by atoms with van der Waals surface area (Å²) in [6.07, 6.45) is -3.75. The van der Waals surface area contributed by atoms with E-state index in [1.807, 2.05) is 20.8 Å². The van der Waals surface area contributed by atoms with E-state index in [-0.39, 0.29) is 11.8 Å². The molecule has 1 aliphatic heterocycles. The number of piperazine rings is 1. The van der Waals surface area contributed by atoms with E-state index in [0.29, 0.717) is 19.3 Å². The van der Waals surface area contributed by atoms with E-state index < -0.39 is 37.1 Å². The van der Waals surface area contributed by atoms with E-state index in [4.69, 9.17) is 0 Å². The molecule has 0 aromatic carbocycles. The van der Waals surface area contributed by atoms with Crippen LogP contribution in [0, 0.1) is 5.92 Å². The molecule has 4 nitrogen and oxygen atoms in total. The summed E-state index contributed by atoms with van der Waals surface area (Å²) in [4.78, 5) is 25.6. The maximum Gasteiger partial charge on any atom is 0.390 e. The monoisotopic (exact) mass is 308 g/mol. The molecule has 0 radical (unpaired) electrons. The molecule has 1 fully saturated rings. The van der Waals surface area contributed by atoms with Crippen LogP contribution in [0.5, 0.6) is 0 Å². The van der Waals surface area contributed by atoms with E-state index in [1.165, 1.54) is 0 Å². The fourth-order valence-corrected chi connectivity index (χ4v) is 2.48. The predicted octanol–water partition coefficient (Wildman–Crippen LogP) is 2.48. The molecule has 2 amide bonds. The van der Waals surface area contributed by atoms with Gasteiger partial charge in [-0.3, -0.25) is 9.59 Å². The summed E-state index contributed by atoms with van der Waals surface area (Å²) < 4.78 is 37.3. The molecule has 21 heavy (non-hydrogen) atoms. The fourth-order valence-electron chi connectivity index (χ4n) is 2.48. The molecule has 0 aromatic rings. The molecule has 122 valence electrons. The van der Waals surface area contributed by atoms with Gasteiger partial charge in [0.1, 0.15) is 12.1 Å². The second kappa shape index (κ2) is 7.13. The van der Waals surface area contributed by atoms with Crippen LogP contribution in [0.2, 0.25) is 0 Å². The van der Waals surface area contributed by atoms with Gasteiger partial charge >= 0.3 is 6.18 Å². The summed E-state index contributed by atoms with van der Waals surface area (Å²) >= 11 is 0. The van der Waals surface area contributed by atoms with Crippen molar-refractivity contribution in [1.29, 1.82) is 0 Å². The van der Waals surface area contributed by atoms with E-state index in [0.717, 1.165) is 4.90 Å². The zero-order valence-electron chi connectivity index (χ0n) is 12.7. The number of hydrogen-bond donors (Lipinski definition) is 1. The minimum Gasteiger partial charge on any atom is -0.342 e. The first-order chi connectivity index (χ1) is 9.71. The number of nitrogens with one attached hydrogen (secondary N) is 1. The van der Waals surface area contributed by atoms with Gasteiger partial charge in [-0.15, -0.1) is 0 Å². The molecule has 1 heterocycles. The zero-order valence-corrected chi connectivity index (χ0v) is 12.7. The van der Waals surface area contributed by atoms with Crippen LogP contribution in [-0.4, -0.2) is 41.5 Å². The van der Waals surface area contributed by atoms with Crippen LogP contribution in [0.1, 0.15) is 46.5 Å². The molecule has 0 saturated carbocycles. The molecule has 7 heteroatoms. The van der Waals surface area contributed by atoms with Crippen molar-refractivity contribution in [3.8, 4) is 0 Å². The van der Waals surface area contributed by atoms with Crippen LogP contribution < -0.4 is 5.32 Å². The summed E-state index contributed by atoms with van der Waals surface area (Å²) in [6, 6.07) is -1.51. The molecule has 0 spiro atoms. The van der Waals surface area contributed by atoms with Crippen LogP contribution in [0.25, 0.3) is 0 Å². The van der Waals surface area contributed by atoms with Crippen molar-refractivity contribution in [2.24, 2.45) is 5.92 Å². The highest BCUT2D eigenvalue weighted by atomic mass is 19.4. The Hall–Kier alpha value is -1.27. The summed E-state index contributed by atoms with van der Waals surface area (Å²) in [5.41, 5.74) is 0. The number of rotatable bonds is 6. The lowest BCUT2D eigenvalue weighted by molar-refractivity contribution is -0.159. The highest BCUT2D eigenvalue weighted by molar-refractivity contribution is 5.97. The predicted molar refractivity (Wildman–Crippen MR) is 72.5 cm³/mol. The van der Waals surface area contributed by atoms with Crippen LogP contribution in [0.4, 0.5) is 13.2 Å². The Kier molecular flexibility index (Phi) is 6.04. The van der Waals surface area contributed by atoms with Crippen molar-refractivity contribution >= 4 is 11.8 Å². The van der Waals surface area contributed by atoms with Gasteiger partial charge in [-0.1, -0.05) is 33.6 Å². The van der Waals surface area contributed by atoms with Crippen LogP contribution in [0.15, 0.2) is 0 Å². The van der Waals surface area contributed by atoms with Crippen LogP contribution in [0.3, 0.4) is 0 Å². The lowest BCUT2D eigenvalue weighted by Gasteiger charge is -2.41. The van der Waals surface area contributed by atoms with E-state index >= 15 is 0 Å². The van der Waals surface area contributed by atoms with E-state index in [1.54, 1.807) is 0 Å². The number of nitrogens with zero attached hydrogens (tertiary/aromatic N) is 1. The number of carbonyl (C=O) groups excluding carboxylic acids is 2. The molecule has 1 saturated heterocycles. The van der Waals surface area contributed by atoms with Gasteiger partial charge in [-0.25, -0.2) is 0 Å². The van der Waals surface area contributed by atoms with Crippen molar-refractivity contribution in [2.45, 2.75) is 64.7 Å². The largest absolute Gasteiger partial charge is 0.390 e. The summed E-state index contributed by atoms with van der Waals surface area (Å²) in [5.74, 6) is -0.840. The molecule has 3 atom stereocenters. The van der Waals surface area contributed by atoms with Gasteiger partial charge in [0.2, 0.25) is 11.8 Å². The Morgan fingerprint density at radius 1 is 1.29 bits per heavy atom. The minimum absolute atomic E-state index is 0.0996. The van der Waals surface area contributed by atoms with E-state index in [9.17, 15) is 22.8 Å². The van der Waals surface area contributed by atoms with Gasteiger partial charge in [0.25, 0.3) is 0 Å². The topological polar surface area (TPSA) is 49.4 Å². The fraction of sp³-hybridized carbons (Fsp3) is 0.857. The van der Waals surface area contributed by atoms with Gasteiger partial charge in [0, 0.05) is 6.54 Å². The maximum absolute atomic E-state index is 12.4. The first kappa shape index (κ1) is 17.8. The van der Waals surface area contributed by atoms with Crippen LogP contribution in [-0.2, 0) is 9.59 Å². The standard InChI is InChI=1S/C14H23F3N2O2/c1-4-6-10-12(20)18-11(9(3)5-2)13(21)19(10)8-7-14(15,16)17/h9-11H,4-8H2,1-3H3,(H,18,20). The number of hydrogen-bond acceptors (Lipinski definition) is 2. The van der Waals surface area contributed by atoms with Gasteiger partial charge in [0.05, 0.1) is 6.42 Å². The summed E-state index contributed by atoms with van der Waals surface area (Å²) in [7, 11) is 0. The number of amides is 2. The van der Waals surface area contributed by atoms with Crippen molar-refractivity contribution in [3.63, 3.8) is 0 Å². The van der Waals surface area contributed by atoms with Crippen molar-refractivity contribution in [3.05, 3.63) is 0 Å². The molecule has 1 N–H and O–H groups in total. The molecular formula is C14H23F3N2O2. The lowest BCUT2D eigenvalue weighted by atomic mass is 9.93. The summed E-state index contributed by atoms with van der Waals surface area (Å²) in [5, 5.41) is 2.67. The molecular weight excluding hydrogens is 285 g/mol. The van der Waals surface area contributed by atoms with Crippen molar-refractivity contribution in [1.82, 2.24) is 10.2 Å². The van der Waals surface area contributed by atoms with E-state index in [2.05, 4.69) is 5.32 Å². The van der Waals surface area contributed by atoms with Crippen LogP contribution >= 0.6 is 0 Å². The Balaban J connectivity index is 2.92. The van der Waals surface area contributed by atoms with Gasteiger partial charge in [-0.2, -0.15) is 13.2 Å². The lowest BCUT2D eigenvalue weighted by Crippen LogP contribution is -2.65. The minimum atomic E-state index is -4.34. The van der Waals surface area contributed by atoms with Crippen molar-refractivity contribution < 1.29 is 22.8 Å². The molecule has 3 unspecified atom stereocenters. The number of alkyl halides is 3. The van der Waals surface area contributed by atoms with Gasteiger partial charge in [-0.05, 0) is 12.3 Å². The quantitative estimate of drug-likeness (QED) is 0.819.